The molecule has 1 aromatic carbocycles. The molecule has 0 aliphatic carbocycles. The van der Waals surface area contributed by atoms with Gasteiger partial charge in [-0.05, 0) is 25.1 Å². The number of rotatable bonds is 5. The third-order valence-electron chi connectivity index (χ3n) is 2.46. The van der Waals surface area contributed by atoms with Crippen molar-refractivity contribution in [1.82, 2.24) is 20.5 Å². The Kier molecular flexibility index (Phi) is 5.28. The van der Waals surface area contributed by atoms with Crippen LogP contribution >= 0.6 is 35.0 Å². The van der Waals surface area contributed by atoms with Crippen molar-refractivity contribution in [2.24, 2.45) is 0 Å². The van der Waals surface area contributed by atoms with E-state index in [4.69, 9.17) is 23.2 Å². The molecule has 0 saturated heterocycles. The average Bonchev–Trinajstić information content (AvgIpc) is 2.93. The van der Waals surface area contributed by atoms with Crippen LogP contribution in [0.3, 0.4) is 0 Å². The SMILES string of the molecule is CC(Sc1cc(Cl)ccc1Cl)C(=O)NCc1ncn[nH]1. The number of halogens is 2. The molecule has 1 atom stereocenters. The van der Waals surface area contributed by atoms with Gasteiger partial charge in [-0.15, -0.1) is 11.8 Å². The van der Waals surface area contributed by atoms with Gasteiger partial charge in [-0.2, -0.15) is 5.10 Å². The zero-order valence-corrected chi connectivity index (χ0v) is 12.9. The Hall–Kier alpha value is -1.24. The molecule has 1 heterocycles. The molecule has 0 spiro atoms. The Labute approximate surface area is 130 Å². The molecule has 5 nitrogen and oxygen atoms in total. The number of nitrogens with zero attached hydrogens (tertiary/aromatic N) is 2. The van der Waals surface area contributed by atoms with E-state index >= 15 is 0 Å². The number of hydrogen-bond acceptors (Lipinski definition) is 4. The van der Waals surface area contributed by atoms with E-state index in [-0.39, 0.29) is 11.2 Å². The van der Waals surface area contributed by atoms with Crippen molar-refractivity contribution < 1.29 is 4.79 Å². The van der Waals surface area contributed by atoms with Gasteiger partial charge in [0.2, 0.25) is 5.91 Å². The standard InChI is InChI=1S/C12H12Cl2N4OS/c1-7(12(19)15-5-11-16-6-17-18-11)20-10-4-8(13)2-3-9(10)14/h2-4,6-7H,5H2,1H3,(H,15,19)(H,16,17,18). The van der Waals surface area contributed by atoms with Gasteiger partial charge in [0.05, 0.1) is 16.8 Å². The van der Waals surface area contributed by atoms with Gasteiger partial charge in [-0.3, -0.25) is 9.89 Å². The summed E-state index contributed by atoms with van der Waals surface area (Å²) in [4.78, 5) is 16.7. The van der Waals surface area contributed by atoms with E-state index in [1.165, 1.54) is 18.1 Å². The second-order valence-electron chi connectivity index (χ2n) is 3.98. The number of amides is 1. The van der Waals surface area contributed by atoms with Crippen molar-refractivity contribution in [2.45, 2.75) is 23.6 Å². The number of aromatic amines is 1. The van der Waals surface area contributed by atoms with Gasteiger partial charge in [0.1, 0.15) is 12.2 Å². The summed E-state index contributed by atoms with van der Waals surface area (Å²) in [5.74, 6) is 0.499. The molecule has 0 fully saturated rings. The number of aromatic nitrogens is 3. The molecule has 2 aromatic rings. The molecule has 0 aliphatic rings. The number of H-pyrrole nitrogens is 1. The maximum absolute atomic E-state index is 12.0. The minimum absolute atomic E-state index is 0.109. The summed E-state index contributed by atoms with van der Waals surface area (Å²) in [5.41, 5.74) is 0. The van der Waals surface area contributed by atoms with Gasteiger partial charge in [-0.25, -0.2) is 4.98 Å². The Morgan fingerprint density at radius 1 is 1.50 bits per heavy atom. The molecule has 8 heteroatoms. The fraction of sp³-hybridized carbons (Fsp3) is 0.250. The van der Waals surface area contributed by atoms with E-state index in [0.717, 1.165) is 4.90 Å². The molecule has 0 saturated carbocycles. The second-order valence-corrected chi connectivity index (χ2v) is 6.21. The summed E-state index contributed by atoms with van der Waals surface area (Å²) in [6, 6.07) is 5.17. The molecule has 1 amide bonds. The Morgan fingerprint density at radius 3 is 3.00 bits per heavy atom. The first kappa shape index (κ1) is 15.2. The highest BCUT2D eigenvalue weighted by Gasteiger charge is 2.16. The molecule has 0 radical (unpaired) electrons. The molecule has 0 aliphatic heterocycles. The molecular weight excluding hydrogens is 319 g/mol. The molecule has 0 bridgehead atoms. The van der Waals surface area contributed by atoms with Crippen molar-refractivity contribution in [3.05, 3.63) is 40.4 Å². The van der Waals surface area contributed by atoms with Crippen LogP contribution in [0.2, 0.25) is 10.0 Å². The van der Waals surface area contributed by atoms with Crippen molar-refractivity contribution in [1.29, 1.82) is 0 Å². The first-order chi connectivity index (χ1) is 9.56. The smallest absolute Gasteiger partial charge is 0.233 e. The number of thioether (sulfide) groups is 1. The van der Waals surface area contributed by atoms with Gasteiger partial charge >= 0.3 is 0 Å². The predicted octanol–water partition coefficient (Wildman–Crippen LogP) is 2.91. The van der Waals surface area contributed by atoms with Gasteiger partial charge in [0, 0.05) is 9.92 Å². The van der Waals surface area contributed by atoms with Crippen LogP contribution in [-0.2, 0) is 11.3 Å². The normalized spacial score (nSPS) is 12.2. The van der Waals surface area contributed by atoms with Crippen LogP contribution in [0.15, 0.2) is 29.4 Å². The number of hydrogen-bond donors (Lipinski definition) is 2. The van der Waals surface area contributed by atoms with Crippen LogP contribution in [0.4, 0.5) is 0 Å². The zero-order chi connectivity index (χ0) is 14.5. The maximum atomic E-state index is 12.0. The monoisotopic (exact) mass is 330 g/mol. The lowest BCUT2D eigenvalue weighted by Gasteiger charge is -2.12. The van der Waals surface area contributed by atoms with E-state index in [1.807, 2.05) is 0 Å². The van der Waals surface area contributed by atoms with Crippen molar-refractivity contribution >= 4 is 40.9 Å². The van der Waals surface area contributed by atoms with Crippen LogP contribution in [0.25, 0.3) is 0 Å². The summed E-state index contributed by atoms with van der Waals surface area (Å²) < 4.78 is 0. The highest BCUT2D eigenvalue weighted by Crippen LogP contribution is 2.32. The summed E-state index contributed by atoms with van der Waals surface area (Å²) >= 11 is 13.3. The lowest BCUT2D eigenvalue weighted by atomic mass is 10.4. The lowest BCUT2D eigenvalue weighted by molar-refractivity contribution is -0.120. The van der Waals surface area contributed by atoms with Crippen LogP contribution in [0.1, 0.15) is 12.7 Å². The van der Waals surface area contributed by atoms with Crippen molar-refractivity contribution in [3.63, 3.8) is 0 Å². The number of carbonyl (C=O) groups is 1. The topological polar surface area (TPSA) is 70.7 Å². The molecule has 106 valence electrons. The minimum Gasteiger partial charge on any atom is -0.348 e. The molecular formula is C12H12Cl2N4OS. The fourth-order valence-corrected chi connectivity index (χ4v) is 2.88. The van der Waals surface area contributed by atoms with Crippen LogP contribution in [0.5, 0.6) is 0 Å². The van der Waals surface area contributed by atoms with E-state index in [2.05, 4.69) is 20.5 Å². The van der Waals surface area contributed by atoms with Crippen LogP contribution < -0.4 is 5.32 Å². The third kappa shape index (κ3) is 4.13. The molecule has 2 rings (SSSR count). The van der Waals surface area contributed by atoms with Crippen molar-refractivity contribution in [3.8, 4) is 0 Å². The average molecular weight is 331 g/mol. The van der Waals surface area contributed by atoms with Crippen molar-refractivity contribution in [2.75, 3.05) is 0 Å². The van der Waals surface area contributed by atoms with E-state index < -0.39 is 0 Å². The Bertz CT molecular complexity index is 591. The molecule has 1 aromatic heterocycles. The number of benzene rings is 1. The Balaban J connectivity index is 1.92. The molecule has 20 heavy (non-hydrogen) atoms. The summed E-state index contributed by atoms with van der Waals surface area (Å²) in [7, 11) is 0. The van der Waals surface area contributed by atoms with Crippen LogP contribution in [-0.4, -0.2) is 26.3 Å². The first-order valence-electron chi connectivity index (χ1n) is 5.80. The number of carbonyl (C=O) groups excluding carboxylic acids is 1. The van der Waals surface area contributed by atoms with Gasteiger partial charge < -0.3 is 5.32 Å². The highest BCUT2D eigenvalue weighted by molar-refractivity contribution is 8.00. The summed E-state index contributed by atoms with van der Waals surface area (Å²) in [6.07, 6.45) is 1.39. The van der Waals surface area contributed by atoms with Gasteiger partial charge in [-0.1, -0.05) is 23.2 Å². The zero-order valence-electron chi connectivity index (χ0n) is 10.6. The number of nitrogens with one attached hydrogen (secondary N) is 2. The quantitative estimate of drug-likeness (QED) is 0.827. The predicted molar refractivity (Wildman–Crippen MR) is 80.0 cm³/mol. The summed E-state index contributed by atoms with van der Waals surface area (Å²) in [5, 5.41) is 10.0. The highest BCUT2D eigenvalue weighted by atomic mass is 35.5. The Morgan fingerprint density at radius 2 is 2.30 bits per heavy atom. The molecule has 1 unspecified atom stereocenters. The van der Waals surface area contributed by atoms with E-state index in [0.29, 0.717) is 22.4 Å². The lowest BCUT2D eigenvalue weighted by Crippen LogP contribution is -2.30. The molecule has 2 N–H and O–H groups in total. The summed E-state index contributed by atoms with van der Waals surface area (Å²) in [6.45, 7) is 2.12. The first-order valence-corrected chi connectivity index (χ1v) is 7.43. The van der Waals surface area contributed by atoms with E-state index in [9.17, 15) is 4.79 Å². The maximum Gasteiger partial charge on any atom is 0.233 e. The minimum atomic E-state index is -0.297. The van der Waals surface area contributed by atoms with Gasteiger partial charge in [0.25, 0.3) is 0 Å². The fourth-order valence-electron chi connectivity index (χ4n) is 1.44. The van der Waals surface area contributed by atoms with Crippen LogP contribution in [0, 0.1) is 0 Å². The van der Waals surface area contributed by atoms with Gasteiger partial charge in [0.15, 0.2) is 0 Å². The second kappa shape index (κ2) is 6.97. The third-order valence-corrected chi connectivity index (χ3v) is 4.30. The van der Waals surface area contributed by atoms with E-state index in [1.54, 1.807) is 25.1 Å². The largest absolute Gasteiger partial charge is 0.348 e.